The van der Waals surface area contributed by atoms with Crippen LogP contribution in [0.3, 0.4) is 0 Å². The number of carbonyl (C=O) groups excluding carboxylic acids is 2. The molecule has 0 radical (unpaired) electrons. The number of ether oxygens (including phenoxy) is 5. The van der Waals surface area contributed by atoms with Gasteiger partial charge in [-0.15, -0.1) is 0 Å². The normalized spacial score (nSPS) is 33.0. The van der Waals surface area contributed by atoms with Crippen LogP contribution in [-0.2, 0) is 46.4 Å². The number of alkyl halides is 3. The fourth-order valence-electron chi connectivity index (χ4n) is 5.47. The standard InChI is InChI=1S/C28H30F3NO7/c1-17(33)35-16-20(34)21-22(32(21)14-18-10-6-4-7-11-18)23-27(28(29,30)31,36-15-19-12-8-5-9-13-19)24-25(37-23)39-26(2,3)38-24/h4-13,21-25H,14-16H2,1-3H3/t21?,22?,23-,24+,25-,27+,32?/m1/s1. The van der Waals surface area contributed by atoms with E-state index in [1.54, 1.807) is 47.4 Å². The van der Waals surface area contributed by atoms with Gasteiger partial charge < -0.3 is 23.7 Å². The van der Waals surface area contributed by atoms with E-state index in [9.17, 15) is 9.59 Å². The molecule has 0 aromatic heterocycles. The second-order valence-electron chi connectivity index (χ2n) is 10.4. The van der Waals surface area contributed by atoms with E-state index in [4.69, 9.17) is 23.7 Å². The van der Waals surface area contributed by atoms with Crippen molar-refractivity contribution < 1.29 is 46.4 Å². The molecule has 0 aliphatic carbocycles. The minimum absolute atomic E-state index is 0.178. The molecule has 3 fully saturated rings. The summed E-state index contributed by atoms with van der Waals surface area (Å²) in [6, 6.07) is 15.5. The van der Waals surface area contributed by atoms with Crippen LogP contribution in [0.1, 0.15) is 31.9 Å². The SMILES string of the molecule is CC(=O)OCC(=O)C1C([C@H]2O[C@@H]3OC(C)(C)O[C@@H]3[C@]2(OCc2ccccc2)C(F)(F)F)N1Cc1ccccc1. The number of carbonyl (C=O) groups is 2. The van der Waals surface area contributed by atoms with E-state index in [-0.39, 0.29) is 13.2 Å². The largest absolute Gasteiger partial charge is 0.458 e. The molecule has 2 aromatic rings. The Morgan fingerprint density at radius 1 is 0.949 bits per heavy atom. The number of ketones is 1. The molecule has 3 saturated heterocycles. The quantitative estimate of drug-likeness (QED) is 0.346. The van der Waals surface area contributed by atoms with Gasteiger partial charge in [0.05, 0.1) is 18.7 Å². The Morgan fingerprint density at radius 3 is 2.15 bits per heavy atom. The molecule has 5 rings (SSSR count). The molecule has 0 amide bonds. The highest BCUT2D eigenvalue weighted by Gasteiger charge is 2.80. The van der Waals surface area contributed by atoms with Crippen molar-refractivity contribution >= 4 is 11.8 Å². The molecule has 0 N–H and O–H groups in total. The average molecular weight is 550 g/mol. The first-order valence-corrected chi connectivity index (χ1v) is 12.6. The number of esters is 1. The molecule has 0 spiro atoms. The van der Waals surface area contributed by atoms with Gasteiger partial charge >= 0.3 is 12.1 Å². The van der Waals surface area contributed by atoms with Gasteiger partial charge in [-0.2, -0.15) is 13.2 Å². The number of benzene rings is 2. The van der Waals surface area contributed by atoms with E-state index in [0.29, 0.717) is 5.56 Å². The van der Waals surface area contributed by atoms with Crippen molar-refractivity contribution in [3.63, 3.8) is 0 Å². The molecule has 3 aliphatic heterocycles. The van der Waals surface area contributed by atoms with Crippen molar-refractivity contribution in [3.8, 4) is 0 Å². The summed E-state index contributed by atoms with van der Waals surface area (Å²) >= 11 is 0. The lowest BCUT2D eigenvalue weighted by Gasteiger charge is -2.39. The zero-order valence-corrected chi connectivity index (χ0v) is 21.7. The summed E-state index contributed by atoms with van der Waals surface area (Å²) in [6.45, 7) is 3.41. The van der Waals surface area contributed by atoms with Crippen LogP contribution in [0.25, 0.3) is 0 Å². The van der Waals surface area contributed by atoms with Crippen LogP contribution in [-0.4, -0.2) is 71.4 Å². The molecule has 0 saturated carbocycles. The minimum atomic E-state index is -4.96. The molecule has 3 aliphatic rings. The maximum atomic E-state index is 15.3. The lowest BCUT2D eigenvalue weighted by molar-refractivity contribution is -0.332. The van der Waals surface area contributed by atoms with E-state index in [0.717, 1.165) is 12.5 Å². The Labute approximate surface area is 223 Å². The second-order valence-corrected chi connectivity index (χ2v) is 10.4. The van der Waals surface area contributed by atoms with Gasteiger partial charge in [-0.3, -0.25) is 14.5 Å². The molecule has 11 heteroatoms. The van der Waals surface area contributed by atoms with Gasteiger partial charge in [0, 0.05) is 13.5 Å². The predicted octanol–water partition coefficient (Wildman–Crippen LogP) is 3.77. The molecule has 3 heterocycles. The molecule has 0 bridgehead atoms. The summed E-state index contributed by atoms with van der Waals surface area (Å²) < 4.78 is 73.9. The van der Waals surface area contributed by atoms with Crippen LogP contribution < -0.4 is 0 Å². The number of fused-ring (bicyclic) bond motifs is 1. The van der Waals surface area contributed by atoms with Gasteiger partial charge in [-0.1, -0.05) is 60.7 Å². The first-order valence-electron chi connectivity index (χ1n) is 12.6. The number of hydrogen-bond acceptors (Lipinski definition) is 8. The van der Waals surface area contributed by atoms with Crippen LogP contribution in [0.4, 0.5) is 13.2 Å². The Kier molecular flexibility index (Phi) is 7.32. The van der Waals surface area contributed by atoms with Gasteiger partial charge in [0.15, 0.2) is 30.6 Å². The molecule has 39 heavy (non-hydrogen) atoms. The van der Waals surface area contributed by atoms with Crippen molar-refractivity contribution in [2.24, 2.45) is 0 Å². The van der Waals surface area contributed by atoms with Crippen LogP contribution in [0.2, 0.25) is 0 Å². The highest BCUT2D eigenvalue weighted by atomic mass is 19.4. The van der Waals surface area contributed by atoms with Crippen molar-refractivity contribution in [2.45, 2.75) is 82.1 Å². The van der Waals surface area contributed by atoms with E-state index in [1.165, 1.54) is 13.8 Å². The first kappa shape index (κ1) is 27.7. The Morgan fingerprint density at radius 2 is 1.56 bits per heavy atom. The molecular formula is C28H30F3NO7. The van der Waals surface area contributed by atoms with Crippen LogP contribution in [0.15, 0.2) is 60.7 Å². The summed E-state index contributed by atoms with van der Waals surface area (Å²) in [5, 5.41) is 0. The van der Waals surface area contributed by atoms with E-state index < -0.39 is 66.5 Å². The second kappa shape index (κ2) is 10.3. The predicted molar refractivity (Wildman–Crippen MR) is 130 cm³/mol. The minimum Gasteiger partial charge on any atom is -0.458 e. The Bertz CT molecular complexity index is 1190. The molecule has 210 valence electrons. The van der Waals surface area contributed by atoms with Gasteiger partial charge in [-0.05, 0) is 25.0 Å². The summed E-state index contributed by atoms with van der Waals surface area (Å²) in [7, 11) is 0. The molecule has 8 nitrogen and oxygen atoms in total. The third-order valence-corrected chi connectivity index (χ3v) is 7.19. The lowest BCUT2D eigenvalue weighted by atomic mass is 9.87. The van der Waals surface area contributed by atoms with Crippen molar-refractivity contribution in [2.75, 3.05) is 6.61 Å². The molecular weight excluding hydrogens is 519 g/mol. The number of hydrogen-bond donors (Lipinski definition) is 0. The smallest absolute Gasteiger partial charge is 0.422 e. The van der Waals surface area contributed by atoms with Crippen LogP contribution in [0, 0.1) is 0 Å². The zero-order chi connectivity index (χ0) is 28.0. The third-order valence-electron chi connectivity index (χ3n) is 7.19. The maximum absolute atomic E-state index is 15.3. The van der Waals surface area contributed by atoms with Gasteiger partial charge in [-0.25, -0.2) is 0 Å². The van der Waals surface area contributed by atoms with E-state index in [2.05, 4.69) is 0 Å². The van der Waals surface area contributed by atoms with E-state index >= 15 is 13.2 Å². The fourth-order valence-corrected chi connectivity index (χ4v) is 5.47. The molecule has 7 atom stereocenters. The van der Waals surface area contributed by atoms with E-state index in [1.807, 2.05) is 18.2 Å². The number of nitrogens with zero attached hydrogens (tertiary/aromatic N) is 1. The summed E-state index contributed by atoms with van der Waals surface area (Å²) in [4.78, 5) is 26.0. The monoisotopic (exact) mass is 549 g/mol. The summed E-state index contributed by atoms with van der Waals surface area (Å²) in [6.07, 6.45) is -9.63. The number of Topliss-reactive ketones (excluding diaryl/α,β-unsaturated/α-hetero) is 1. The number of rotatable bonds is 9. The topological polar surface area (TPSA) is 83.3 Å². The van der Waals surface area contributed by atoms with Crippen molar-refractivity contribution in [1.82, 2.24) is 4.90 Å². The van der Waals surface area contributed by atoms with Crippen LogP contribution in [0.5, 0.6) is 0 Å². The molecule has 3 unspecified atom stereocenters. The van der Waals surface area contributed by atoms with Crippen molar-refractivity contribution in [3.05, 3.63) is 71.8 Å². The number of halogens is 3. The molecule has 2 aromatic carbocycles. The summed E-state index contributed by atoms with van der Waals surface area (Å²) in [5.74, 6) is -2.54. The zero-order valence-electron chi connectivity index (χ0n) is 21.7. The lowest BCUT2D eigenvalue weighted by Crippen LogP contribution is -2.63. The highest BCUT2D eigenvalue weighted by Crippen LogP contribution is 2.57. The van der Waals surface area contributed by atoms with Crippen molar-refractivity contribution in [1.29, 1.82) is 0 Å². The average Bonchev–Trinajstić information content (AvgIpc) is 3.37. The summed E-state index contributed by atoms with van der Waals surface area (Å²) in [5.41, 5.74) is -1.63. The first-order chi connectivity index (χ1) is 18.4. The third kappa shape index (κ3) is 5.33. The van der Waals surface area contributed by atoms with Gasteiger partial charge in [0.1, 0.15) is 6.10 Å². The Balaban J connectivity index is 1.52. The highest BCUT2D eigenvalue weighted by molar-refractivity contribution is 5.90. The van der Waals surface area contributed by atoms with Gasteiger partial charge in [0.25, 0.3) is 0 Å². The maximum Gasteiger partial charge on any atom is 0.422 e. The van der Waals surface area contributed by atoms with Crippen LogP contribution >= 0.6 is 0 Å². The fraction of sp³-hybridized carbons (Fsp3) is 0.500. The van der Waals surface area contributed by atoms with Gasteiger partial charge in [0.2, 0.25) is 5.60 Å². The Hall–Kier alpha value is -2.83.